The number of methoxy groups -OCH3 is 1. The molecular weight excluding hydrogens is 426 g/mol. The summed E-state index contributed by atoms with van der Waals surface area (Å²) in [6.07, 6.45) is 1.27. The summed E-state index contributed by atoms with van der Waals surface area (Å²) in [7, 11) is 1.39. The van der Waals surface area contributed by atoms with Crippen molar-refractivity contribution in [2.75, 3.05) is 12.4 Å². The van der Waals surface area contributed by atoms with Gasteiger partial charge in [-0.05, 0) is 47.7 Å². The van der Waals surface area contributed by atoms with E-state index >= 15 is 0 Å². The third-order valence-corrected chi connectivity index (χ3v) is 5.10. The second-order valence-electron chi connectivity index (χ2n) is 8.53. The van der Waals surface area contributed by atoms with Crippen LogP contribution in [0.1, 0.15) is 63.1 Å². The van der Waals surface area contributed by atoms with Crippen LogP contribution in [0.2, 0.25) is 0 Å². The Bertz CT molecular complexity index is 1260. The smallest absolute Gasteiger partial charge is 0.358 e. The maximum Gasteiger partial charge on any atom is 0.358 e. The summed E-state index contributed by atoms with van der Waals surface area (Å²) in [6.45, 7) is 7.72. The van der Waals surface area contributed by atoms with E-state index in [1.807, 2.05) is 20.8 Å². The Morgan fingerprint density at radius 1 is 1.15 bits per heavy atom. The average molecular weight is 451 g/mol. The van der Waals surface area contributed by atoms with Crippen molar-refractivity contribution in [3.8, 4) is 11.4 Å². The zero-order valence-corrected chi connectivity index (χ0v) is 19.0. The number of amides is 2. The number of aryl methyl sites for hydroxylation is 1. The molecule has 10 heteroatoms. The summed E-state index contributed by atoms with van der Waals surface area (Å²) in [5.41, 5.74) is 7.81. The predicted octanol–water partition coefficient (Wildman–Crippen LogP) is 2.93. The minimum Gasteiger partial charge on any atom is -0.494 e. The van der Waals surface area contributed by atoms with Crippen LogP contribution in [0, 0.1) is 6.92 Å². The first-order chi connectivity index (χ1) is 15.4. The van der Waals surface area contributed by atoms with Gasteiger partial charge in [-0.3, -0.25) is 9.59 Å². The maximum atomic E-state index is 13.1. The van der Waals surface area contributed by atoms with Gasteiger partial charge >= 0.3 is 5.97 Å². The first-order valence-corrected chi connectivity index (χ1v) is 10.0. The maximum absolute atomic E-state index is 13.1. The molecule has 0 saturated heterocycles. The van der Waals surface area contributed by atoms with Gasteiger partial charge in [0.05, 0.1) is 30.2 Å². The van der Waals surface area contributed by atoms with Gasteiger partial charge in [-0.2, -0.15) is 0 Å². The Balaban J connectivity index is 2.03. The summed E-state index contributed by atoms with van der Waals surface area (Å²) >= 11 is 0. The quantitative estimate of drug-likeness (QED) is 0.521. The second-order valence-corrected chi connectivity index (χ2v) is 8.53. The Labute approximate surface area is 190 Å². The number of nitrogens with two attached hydrogens (primary N) is 1. The van der Waals surface area contributed by atoms with E-state index in [4.69, 9.17) is 15.6 Å². The molecule has 0 atom stereocenters. The molecule has 3 rings (SSSR count). The van der Waals surface area contributed by atoms with Crippen LogP contribution < -0.4 is 15.8 Å². The lowest BCUT2D eigenvalue weighted by Crippen LogP contribution is -2.20. The summed E-state index contributed by atoms with van der Waals surface area (Å²) in [5, 5.41) is 19.3. The fourth-order valence-corrected chi connectivity index (χ4v) is 3.23. The number of anilines is 1. The highest BCUT2D eigenvalue weighted by atomic mass is 16.5. The van der Waals surface area contributed by atoms with E-state index in [0.717, 1.165) is 11.1 Å². The number of aromatic carboxylic acids is 1. The molecule has 0 aliphatic heterocycles. The van der Waals surface area contributed by atoms with Crippen molar-refractivity contribution in [2.24, 2.45) is 5.73 Å². The van der Waals surface area contributed by atoms with E-state index < -0.39 is 17.8 Å². The Hall–Kier alpha value is -4.21. The van der Waals surface area contributed by atoms with Crippen molar-refractivity contribution in [2.45, 2.75) is 33.1 Å². The monoisotopic (exact) mass is 451 g/mol. The first kappa shape index (κ1) is 23.5. The van der Waals surface area contributed by atoms with Gasteiger partial charge in [0.1, 0.15) is 0 Å². The molecule has 0 aliphatic rings. The summed E-state index contributed by atoms with van der Waals surface area (Å²) in [4.78, 5) is 36.3. The Kier molecular flexibility index (Phi) is 6.21. The van der Waals surface area contributed by atoms with Crippen molar-refractivity contribution in [1.82, 2.24) is 15.0 Å². The number of nitrogens with one attached hydrogen (secondary N) is 1. The number of hydrogen-bond donors (Lipinski definition) is 3. The number of nitrogens with zero attached hydrogens (tertiary/aromatic N) is 3. The molecule has 2 amide bonds. The highest BCUT2D eigenvalue weighted by Crippen LogP contribution is 2.35. The van der Waals surface area contributed by atoms with Crippen LogP contribution in [-0.2, 0) is 5.41 Å². The molecule has 0 fully saturated rings. The van der Waals surface area contributed by atoms with E-state index in [-0.39, 0.29) is 28.0 Å². The number of rotatable bonds is 6. The molecule has 0 radical (unpaired) electrons. The molecule has 0 unspecified atom stereocenters. The van der Waals surface area contributed by atoms with Gasteiger partial charge in [-0.25, -0.2) is 9.48 Å². The number of primary amides is 1. The molecule has 1 heterocycles. The lowest BCUT2D eigenvalue weighted by molar-refractivity contribution is 0.0690. The van der Waals surface area contributed by atoms with Crippen LogP contribution in [0.3, 0.4) is 0 Å². The molecule has 0 aliphatic carbocycles. The third kappa shape index (κ3) is 4.84. The van der Waals surface area contributed by atoms with E-state index in [0.29, 0.717) is 11.4 Å². The molecule has 0 spiro atoms. The third-order valence-electron chi connectivity index (χ3n) is 5.10. The predicted molar refractivity (Wildman–Crippen MR) is 121 cm³/mol. The molecule has 33 heavy (non-hydrogen) atoms. The van der Waals surface area contributed by atoms with Gasteiger partial charge < -0.3 is 20.9 Å². The number of carboxylic acid groups (broad SMARTS) is 1. The van der Waals surface area contributed by atoms with Crippen LogP contribution in [0.4, 0.5) is 5.69 Å². The van der Waals surface area contributed by atoms with Crippen LogP contribution in [0.5, 0.6) is 5.75 Å². The Morgan fingerprint density at radius 2 is 1.85 bits per heavy atom. The molecule has 3 aromatic rings. The van der Waals surface area contributed by atoms with Crippen LogP contribution in [-0.4, -0.2) is 45.0 Å². The highest BCUT2D eigenvalue weighted by molar-refractivity contribution is 6.07. The van der Waals surface area contributed by atoms with E-state index in [2.05, 4.69) is 15.6 Å². The number of carbonyl (C=O) groups excluding carboxylic acids is 2. The second kappa shape index (κ2) is 8.73. The van der Waals surface area contributed by atoms with Crippen molar-refractivity contribution in [1.29, 1.82) is 0 Å². The summed E-state index contributed by atoms with van der Waals surface area (Å²) < 4.78 is 6.68. The van der Waals surface area contributed by atoms with Gasteiger partial charge in [-0.1, -0.05) is 32.1 Å². The molecular formula is C23H25N5O5. The molecule has 0 bridgehead atoms. The van der Waals surface area contributed by atoms with E-state index in [1.165, 1.54) is 18.0 Å². The largest absolute Gasteiger partial charge is 0.494 e. The van der Waals surface area contributed by atoms with Gasteiger partial charge in [0.25, 0.3) is 11.8 Å². The molecule has 172 valence electrons. The van der Waals surface area contributed by atoms with Crippen molar-refractivity contribution in [3.63, 3.8) is 0 Å². The molecule has 0 saturated carbocycles. The summed E-state index contributed by atoms with van der Waals surface area (Å²) in [6, 6.07) is 8.31. The fraction of sp³-hybridized carbons (Fsp3) is 0.261. The lowest BCUT2D eigenvalue weighted by Gasteiger charge is -2.23. The standard InChI is InChI=1S/C23H25N5O5/c1-12-6-7-13(8-18(12)28-11-17(22(31)32)26-27-28)21(30)25-16-10-14(23(2,3)4)9-15(20(24)29)19(16)33-5/h6-11H,1-5H3,(H2,24,29)(H,25,30)(H,31,32). The first-order valence-electron chi connectivity index (χ1n) is 10.0. The lowest BCUT2D eigenvalue weighted by atomic mass is 9.85. The van der Waals surface area contributed by atoms with Crippen LogP contribution in [0.15, 0.2) is 36.5 Å². The topological polar surface area (TPSA) is 149 Å². The van der Waals surface area contributed by atoms with Crippen molar-refractivity contribution in [3.05, 3.63) is 64.5 Å². The molecule has 1 aromatic heterocycles. The highest BCUT2D eigenvalue weighted by Gasteiger charge is 2.23. The fourth-order valence-electron chi connectivity index (χ4n) is 3.23. The zero-order valence-electron chi connectivity index (χ0n) is 19.0. The van der Waals surface area contributed by atoms with Crippen molar-refractivity contribution >= 4 is 23.5 Å². The van der Waals surface area contributed by atoms with E-state index in [9.17, 15) is 14.4 Å². The SMILES string of the molecule is COc1c(NC(=O)c2ccc(C)c(-n3cc(C(=O)O)nn3)c2)cc(C(C)(C)C)cc1C(N)=O. The van der Waals surface area contributed by atoms with Gasteiger partial charge in [-0.15, -0.1) is 5.10 Å². The number of carboxylic acids is 1. The molecule has 4 N–H and O–H groups in total. The Morgan fingerprint density at radius 3 is 2.39 bits per heavy atom. The number of carbonyl (C=O) groups is 3. The minimum atomic E-state index is -1.20. The minimum absolute atomic E-state index is 0.161. The number of ether oxygens (including phenoxy) is 1. The van der Waals surface area contributed by atoms with Gasteiger partial charge in [0.15, 0.2) is 11.4 Å². The average Bonchev–Trinajstić information content (AvgIpc) is 3.23. The van der Waals surface area contributed by atoms with E-state index in [1.54, 1.807) is 37.3 Å². The van der Waals surface area contributed by atoms with Crippen LogP contribution in [0.25, 0.3) is 5.69 Å². The van der Waals surface area contributed by atoms with Crippen molar-refractivity contribution < 1.29 is 24.2 Å². The van der Waals surface area contributed by atoms with Crippen LogP contribution >= 0.6 is 0 Å². The van der Waals surface area contributed by atoms with Gasteiger partial charge in [0.2, 0.25) is 0 Å². The van der Waals surface area contributed by atoms with Gasteiger partial charge in [0, 0.05) is 5.56 Å². The normalized spacial score (nSPS) is 11.2. The molecule has 2 aromatic carbocycles. The number of hydrogen-bond acceptors (Lipinski definition) is 6. The summed E-state index contributed by atoms with van der Waals surface area (Å²) in [5.74, 6) is -2.18. The molecule has 10 nitrogen and oxygen atoms in total. The number of benzene rings is 2. The number of aromatic nitrogens is 3. The zero-order chi connectivity index (χ0) is 24.5.